The van der Waals surface area contributed by atoms with Crippen molar-refractivity contribution < 1.29 is 14.3 Å². The van der Waals surface area contributed by atoms with Gasteiger partial charge in [-0.25, -0.2) is 9.59 Å². The van der Waals surface area contributed by atoms with Gasteiger partial charge in [0, 0.05) is 32.7 Å². The number of ether oxygens (including phenoxy) is 1. The smallest absolute Gasteiger partial charge is 0.317 e. The molecule has 1 heterocycles. The van der Waals surface area contributed by atoms with Crippen LogP contribution in [0.2, 0.25) is 0 Å². The summed E-state index contributed by atoms with van der Waals surface area (Å²) in [6.07, 6.45) is 0.798. The monoisotopic (exact) mass is 396 g/mol. The summed E-state index contributed by atoms with van der Waals surface area (Å²) < 4.78 is 5.26. The number of urea groups is 2. The van der Waals surface area contributed by atoms with Crippen LogP contribution in [0.15, 0.2) is 54.6 Å². The first-order valence-corrected chi connectivity index (χ1v) is 9.95. The third kappa shape index (κ3) is 7.12. The summed E-state index contributed by atoms with van der Waals surface area (Å²) in [7, 11) is 0. The van der Waals surface area contributed by atoms with E-state index >= 15 is 0 Å². The summed E-state index contributed by atoms with van der Waals surface area (Å²) >= 11 is 0. The fourth-order valence-electron chi connectivity index (χ4n) is 3.12. The Morgan fingerprint density at radius 2 is 1.48 bits per heavy atom. The van der Waals surface area contributed by atoms with Crippen LogP contribution < -0.4 is 16.0 Å². The van der Waals surface area contributed by atoms with Crippen LogP contribution in [-0.4, -0.2) is 49.8 Å². The predicted molar refractivity (Wildman–Crippen MR) is 111 cm³/mol. The van der Waals surface area contributed by atoms with Crippen LogP contribution in [0.3, 0.4) is 0 Å². The number of carbonyl (C=O) groups excluding carboxylic acids is 2. The molecule has 1 aliphatic rings. The largest absolute Gasteiger partial charge is 0.378 e. The standard InChI is InChI=1S/C22H28N4O3/c27-21(23-10-9-18-5-2-1-3-6-18)24-16-19-7-4-8-20(15-19)17-25-22(28)26-11-13-29-14-12-26/h1-8,15H,9-14,16-17H2,(H,25,28)(H2,23,24,27). The van der Waals surface area contributed by atoms with Gasteiger partial charge in [-0.05, 0) is 23.1 Å². The van der Waals surface area contributed by atoms with Gasteiger partial charge in [0.1, 0.15) is 0 Å². The quantitative estimate of drug-likeness (QED) is 0.671. The molecule has 3 rings (SSSR count). The van der Waals surface area contributed by atoms with Crippen molar-refractivity contribution in [3.05, 3.63) is 71.3 Å². The molecule has 0 saturated carbocycles. The van der Waals surface area contributed by atoms with Gasteiger partial charge >= 0.3 is 12.1 Å². The van der Waals surface area contributed by atoms with E-state index in [0.717, 1.165) is 17.5 Å². The molecule has 0 spiro atoms. The summed E-state index contributed by atoms with van der Waals surface area (Å²) in [4.78, 5) is 25.9. The van der Waals surface area contributed by atoms with E-state index in [1.54, 1.807) is 4.90 Å². The highest BCUT2D eigenvalue weighted by Gasteiger charge is 2.16. The molecule has 7 heteroatoms. The highest BCUT2D eigenvalue weighted by Crippen LogP contribution is 2.06. The van der Waals surface area contributed by atoms with Crippen molar-refractivity contribution >= 4 is 12.1 Å². The predicted octanol–water partition coefficient (Wildman–Crippen LogP) is 2.27. The third-order valence-electron chi connectivity index (χ3n) is 4.73. The molecular formula is C22H28N4O3. The highest BCUT2D eigenvalue weighted by molar-refractivity contribution is 5.74. The van der Waals surface area contributed by atoms with Crippen LogP contribution in [-0.2, 0) is 24.2 Å². The topological polar surface area (TPSA) is 82.7 Å². The molecule has 1 aliphatic heterocycles. The first-order valence-electron chi connectivity index (χ1n) is 9.95. The second kappa shape index (κ2) is 11.1. The minimum Gasteiger partial charge on any atom is -0.378 e. The number of benzene rings is 2. The van der Waals surface area contributed by atoms with Gasteiger partial charge in [0.2, 0.25) is 0 Å². The number of hydrogen-bond acceptors (Lipinski definition) is 3. The normalized spacial score (nSPS) is 13.6. The number of carbonyl (C=O) groups is 2. The molecule has 4 amide bonds. The van der Waals surface area contributed by atoms with Gasteiger partial charge in [-0.1, -0.05) is 54.6 Å². The summed E-state index contributed by atoms with van der Waals surface area (Å²) in [5.41, 5.74) is 3.18. The highest BCUT2D eigenvalue weighted by atomic mass is 16.5. The van der Waals surface area contributed by atoms with Crippen LogP contribution >= 0.6 is 0 Å². The number of rotatable bonds is 7. The van der Waals surface area contributed by atoms with Gasteiger partial charge in [0.25, 0.3) is 0 Å². The Kier molecular flexibility index (Phi) is 7.89. The van der Waals surface area contributed by atoms with Gasteiger partial charge in [0.05, 0.1) is 13.2 Å². The Morgan fingerprint density at radius 1 is 0.828 bits per heavy atom. The van der Waals surface area contributed by atoms with Crippen molar-refractivity contribution in [1.82, 2.24) is 20.9 Å². The molecule has 3 N–H and O–H groups in total. The van der Waals surface area contributed by atoms with E-state index in [9.17, 15) is 9.59 Å². The fraction of sp³-hybridized carbons (Fsp3) is 0.364. The van der Waals surface area contributed by atoms with E-state index < -0.39 is 0 Å². The van der Waals surface area contributed by atoms with E-state index in [1.165, 1.54) is 5.56 Å². The first kappa shape index (κ1) is 20.7. The SMILES string of the molecule is O=C(NCCc1ccccc1)NCc1cccc(CNC(=O)N2CCOCC2)c1. The van der Waals surface area contributed by atoms with Crippen LogP contribution in [0.4, 0.5) is 9.59 Å². The number of nitrogens with zero attached hydrogens (tertiary/aromatic N) is 1. The van der Waals surface area contributed by atoms with Crippen molar-refractivity contribution in [3.8, 4) is 0 Å². The minimum absolute atomic E-state index is 0.0744. The molecule has 1 fully saturated rings. The van der Waals surface area contributed by atoms with E-state index in [0.29, 0.717) is 45.9 Å². The maximum atomic E-state index is 12.2. The lowest BCUT2D eigenvalue weighted by Gasteiger charge is -2.27. The summed E-state index contributed by atoms with van der Waals surface area (Å²) in [5, 5.41) is 8.68. The molecule has 0 bridgehead atoms. The van der Waals surface area contributed by atoms with Crippen LogP contribution in [0.1, 0.15) is 16.7 Å². The maximum Gasteiger partial charge on any atom is 0.317 e. The summed E-state index contributed by atoms with van der Waals surface area (Å²) in [6.45, 7) is 3.88. The molecule has 1 saturated heterocycles. The zero-order chi connectivity index (χ0) is 20.3. The lowest BCUT2D eigenvalue weighted by Crippen LogP contribution is -2.45. The van der Waals surface area contributed by atoms with E-state index in [1.807, 2.05) is 54.6 Å². The lowest BCUT2D eigenvalue weighted by molar-refractivity contribution is 0.0531. The zero-order valence-electron chi connectivity index (χ0n) is 16.5. The van der Waals surface area contributed by atoms with E-state index in [-0.39, 0.29) is 12.1 Å². The first-order chi connectivity index (χ1) is 14.2. The number of hydrogen-bond donors (Lipinski definition) is 3. The third-order valence-corrected chi connectivity index (χ3v) is 4.73. The molecule has 7 nitrogen and oxygen atoms in total. The van der Waals surface area contributed by atoms with E-state index in [4.69, 9.17) is 4.74 Å². The lowest BCUT2D eigenvalue weighted by atomic mass is 10.1. The Hall–Kier alpha value is -3.06. The van der Waals surface area contributed by atoms with Crippen molar-refractivity contribution in [2.75, 3.05) is 32.8 Å². The molecule has 0 aliphatic carbocycles. The van der Waals surface area contributed by atoms with Gasteiger partial charge in [-0.2, -0.15) is 0 Å². The van der Waals surface area contributed by atoms with Crippen LogP contribution in [0, 0.1) is 0 Å². The van der Waals surface area contributed by atoms with E-state index in [2.05, 4.69) is 16.0 Å². The van der Waals surface area contributed by atoms with Crippen molar-refractivity contribution in [1.29, 1.82) is 0 Å². The van der Waals surface area contributed by atoms with Crippen molar-refractivity contribution in [3.63, 3.8) is 0 Å². The van der Waals surface area contributed by atoms with Gasteiger partial charge < -0.3 is 25.6 Å². The zero-order valence-corrected chi connectivity index (χ0v) is 16.5. The number of nitrogens with one attached hydrogen (secondary N) is 3. The second-order valence-electron chi connectivity index (χ2n) is 6.92. The maximum absolute atomic E-state index is 12.2. The Morgan fingerprint density at radius 3 is 2.21 bits per heavy atom. The fourth-order valence-corrected chi connectivity index (χ4v) is 3.12. The van der Waals surface area contributed by atoms with Crippen LogP contribution in [0.5, 0.6) is 0 Å². The van der Waals surface area contributed by atoms with Gasteiger partial charge in [-0.15, -0.1) is 0 Å². The molecule has 2 aromatic rings. The van der Waals surface area contributed by atoms with Crippen molar-refractivity contribution in [2.24, 2.45) is 0 Å². The molecule has 0 aromatic heterocycles. The Bertz CT molecular complexity index is 792. The molecule has 154 valence electrons. The Balaban J connectivity index is 1.37. The summed E-state index contributed by atoms with van der Waals surface area (Å²) in [6, 6.07) is 17.6. The molecule has 0 radical (unpaired) electrons. The number of amides is 4. The van der Waals surface area contributed by atoms with Gasteiger partial charge in [0.15, 0.2) is 0 Å². The second-order valence-corrected chi connectivity index (χ2v) is 6.92. The summed E-state index contributed by atoms with van der Waals surface area (Å²) in [5.74, 6) is 0. The minimum atomic E-state index is -0.188. The average Bonchev–Trinajstić information content (AvgIpc) is 2.78. The van der Waals surface area contributed by atoms with Crippen molar-refractivity contribution in [2.45, 2.75) is 19.5 Å². The molecule has 0 unspecified atom stereocenters. The Labute approximate surface area is 171 Å². The van der Waals surface area contributed by atoms with Crippen LogP contribution in [0.25, 0.3) is 0 Å². The average molecular weight is 396 g/mol. The molecular weight excluding hydrogens is 368 g/mol. The molecule has 0 atom stereocenters. The molecule has 29 heavy (non-hydrogen) atoms. The molecule has 2 aromatic carbocycles. The number of morpholine rings is 1. The van der Waals surface area contributed by atoms with Gasteiger partial charge in [-0.3, -0.25) is 0 Å².